The van der Waals surface area contributed by atoms with Crippen LogP contribution < -0.4 is 10.1 Å². The highest BCUT2D eigenvalue weighted by atomic mass is 32.1. The second-order valence-electron chi connectivity index (χ2n) is 6.80. The van der Waals surface area contributed by atoms with Crippen LogP contribution >= 0.6 is 11.3 Å². The molecule has 5 heteroatoms. The molecule has 0 aliphatic heterocycles. The van der Waals surface area contributed by atoms with Crippen molar-refractivity contribution in [2.45, 2.75) is 39.7 Å². The number of benzene rings is 2. The molecule has 1 unspecified atom stereocenters. The van der Waals surface area contributed by atoms with Crippen molar-refractivity contribution < 1.29 is 9.53 Å². The van der Waals surface area contributed by atoms with Crippen LogP contribution in [-0.4, -0.2) is 17.0 Å². The molecule has 0 aliphatic rings. The van der Waals surface area contributed by atoms with Gasteiger partial charge in [-0.05, 0) is 49.6 Å². The van der Waals surface area contributed by atoms with E-state index in [-0.39, 0.29) is 5.91 Å². The van der Waals surface area contributed by atoms with Crippen molar-refractivity contribution in [3.05, 3.63) is 64.5 Å². The number of amides is 1. The Bertz CT molecular complexity index is 899. The lowest BCUT2D eigenvalue weighted by Crippen LogP contribution is -2.30. The minimum Gasteiger partial charge on any atom is -0.481 e. The number of nitrogens with zero attached hydrogens (tertiary/aromatic N) is 1. The Hall–Kier alpha value is -2.66. The summed E-state index contributed by atoms with van der Waals surface area (Å²) < 4.78 is 5.76. The largest absolute Gasteiger partial charge is 0.481 e. The standard InChI is InChI=1S/C22H24N2O2S/c1-14(2)17-7-11-20(12-8-17)26-15(3)22(25)24-19-9-5-18(6-10-19)21-13-27-16(4)23-21/h5-15H,1-4H3,(H,24,25). The Kier molecular flexibility index (Phi) is 5.91. The first kappa shape index (κ1) is 19.1. The third-order valence-electron chi connectivity index (χ3n) is 4.30. The van der Waals surface area contributed by atoms with Crippen molar-refractivity contribution in [2.24, 2.45) is 0 Å². The summed E-state index contributed by atoms with van der Waals surface area (Å²) in [4.78, 5) is 16.9. The zero-order valence-electron chi connectivity index (χ0n) is 16.0. The molecule has 1 aromatic heterocycles. The molecule has 3 aromatic rings. The first-order valence-electron chi connectivity index (χ1n) is 9.02. The molecular formula is C22H24N2O2S. The van der Waals surface area contributed by atoms with Crippen LogP contribution in [0.25, 0.3) is 11.3 Å². The van der Waals surface area contributed by atoms with Gasteiger partial charge in [-0.25, -0.2) is 4.98 Å². The summed E-state index contributed by atoms with van der Waals surface area (Å²) in [5.41, 5.74) is 3.97. The van der Waals surface area contributed by atoms with Crippen molar-refractivity contribution in [2.75, 3.05) is 5.32 Å². The van der Waals surface area contributed by atoms with E-state index in [1.54, 1.807) is 18.3 Å². The quantitative estimate of drug-likeness (QED) is 0.601. The topological polar surface area (TPSA) is 51.2 Å². The molecule has 3 rings (SSSR count). The Balaban J connectivity index is 1.59. The average Bonchev–Trinajstić information content (AvgIpc) is 3.09. The van der Waals surface area contributed by atoms with Gasteiger partial charge in [-0.1, -0.05) is 38.1 Å². The van der Waals surface area contributed by atoms with Crippen LogP contribution in [0, 0.1) is 6.92 Å². The fourth-order valence-electron chi connectivity index (χ4n) is 2.65. The van der Waals surface area contributed by atoms with Crippen molar-refractivity contribution in [3.8, 4) is 17.0 Å². The lowest BCUT2D eigenvalue weighted by Gasteiger charge is -2.15. The summed E-state index contributed by atoms with van der Waals surface area (Å²) in [5, 5.41) is 5.96. The highest BCUT2D eigenvalue weighted by molar-refractivity contribution is 7.09. The van der Waals surface area contributed by atoms with E-state index in [4.69, 9.17) is 4.74 Å². The van der Waals surface area contributed by atoms with Crippen molar-refractivity contribution >= 4 is 22.9 Å². The molecule has 0 saturated heterocycles. The monoisotopic (exact) mass is 380 g/mol. The summed E-state index contributed by atoms with van der Waals surface area (Å²) in [6.07, 6.45) is -0.587. The van der Waals surface area contributed by atoms with Gasteiger partial charge < -0.3 is 10.1 Å². The summed E-state index contributed by atoms with van der Waals surface area (Å²) in [5.74, 6) is 0.979. The van der Waals surface area contributed by atoms with Gasteiger partial charge in [-0.15, -0.1) is 11.3 Å². The number of rotatable bonds is 6. The van der Waals surface area contributed by atoms with Crippen LogP contribution in [0.2, 0.25) is 0 Å². The van der Waals surface area contributed by atoms with Gasteiger partial charge in [0.1, 0.15) is 5.75 Å². The number of hydrogen-bond donors (Lipinski definition) is 1. The lowest BCUT2D eigenvalue weighted by molar-refractivity contribution is -0.122. The third kappa shape index (κ3) is 4.95. The number of carbonyl (C=O) groups excluding carboxylic acids is 1. The van der Waals surface area contributed by atoms with E-state index < -0.39 is 6.10 Å². The van der Waals surface area contributed by atoms with Gasteiger partial charge in [-0.3, -0.25) is 4.79 Å². The summed E-state index contributed by atoms with van der Waals surface area (Å²) in [6.45, 7) is 8.03. The minimum absolute atomic E-state index is 0.180. The zero-order chi connectivity index (χ0) is 19.4. The third-order valence-corrected chi connectivity index (χ3v) is 5.07. The molecular weight excluding hydrogens is 356 g/mol. The van der Waals surface area contributed by atoms with Crippen LogP contribution in [0.3, 0.4) is 0 Å². The molecule has 1 atom stereocenters. The molecule has 0 bridgehead atoms. The summed E-state index contributed by atoms with van der Waals surface area (Å²) in [7, 11) is 0. The maximum absolute atomic E-state index is 12.4. The van der Waals surface area contributed by atoms with Crippen LogP contribution in [0.5, 0.6) is 5.75 Å². The first-order valence-corrected chi connectivity index (χ1v) is 9.90. The predicted molar refractivity (Wildman–Crippen MR) is 112 cm³/mol. The van der Waals surface area contributed by atoms with Crippen molar-refractivity contribution in [3.63, 3.8) is 0 Å². The molecule has 1 heterocycles. The van der Waals surface area contributed by atoms with Gasteiger partial charge in [0.05, 0.1) is 10.7 Å². The fourth-order valence-corrected chi connectivity index (χ4v) is 3.28. The number of anilines is 1. The number of aryl methyl sites for hydroxylation is 1. The van der Waals surface area contributed by atoms with E-state index in [1.807, 2.05) is 60.8 Å². The Morgan fingerprint density at radius 2 is 1.70 bits per heavy atom. The maximum atomic E-state index is 12.4. The van der Waals surface area contributed by atoms with E-state index >= 15 is 0 Å². The Labute approximate surface area is 164 Å². The first-order chi connectivity index (χ1) is 12.9. The molecule has 0 fully saturated rings. The van der Waals surface area contributed by atoms with Crippen LogP contribution in [0.4, 0.5) is 5.69 Å². The molecule has 27 heavy (non-hydrogen) atoms. The molecule has 2 aromatic carbocycles. The molecule has 1 N–H and O–H groups in total. The fraction of sp³-hybridized carbons (Fsp3) is 0.273. The number of nitrogens with one attached hydrogen (secondary N) is 1. The molecule has 0 radical (unpaired) electrons. The zero-order valence-corrected chi connectivity index (χ0v) is 16.8. The average molecular weight is 381 g/mol. The van der Waals surface area contributed by atoms with Crippen LogP contribution in [0.1, 0.15) is 37.3 Å². The van der Waals surface area contributed by atoms with Gasteiger partial charge in [-0.2, -0.15) is 0 Å². The number of carbonyl (C=O) groups is 1. The minimum atomic E-state index is -0.587. The van der Waals surface area contributed by atoms with Gasteiger partial charge in [0, 0.05) is 16.6 Å². The van der Waals surface area contributed by atoms with E-state index in [2.05, 4.69) is 24.1 Å². The van der Waals surface area contributed by atoms with E-state index in [1.165, 1.54) is 5.56 Å². The van der Waals surface area contributed by atoms with Crippen LogP contribution in [0.15, 0.2) is 53.9 Å². The lowest BCUT2D eigenvalue weighted by atomic mass is 10.0. The number of aromatic nitrogens is 1. The molecule has 4 nitrogen and oxygen atoms in total. The molecule has 140 valence electrons. The molecule has 0 saturated carbocycles. The maximum Gasteiger partial charge on any atom is 0.265 e. The van der Waals surface area contributed by atoms with Crippen LogP contribution in [-0.2, 0) is 4.79 Å². The van der Waals surface area contributed by atoms with Gasteiger partial charge in [0.2, 0.25) is 0 Å². The summed E-state index contributed by atoms with van der Waals surface area (Å²) >= 11 is 1.62. The normalized spacial score (nSPS) is 12.0. The highest BCUT2D eigenvalue weighted by Crippen LogP contribution is 2.23. The van der Waals surface area contributed by atoms with Crippen molar-refractivity contribution in [1.29, 1.82) is 0 Å². The van der Waals surface area contributed by atoms with E-state index in [9.17, 15) is 4.79 Å². The number of thiazole rings is 1. The van der Waals surface area contributed by atoms with Gasteiger partial charge >= 0.3 is 0 Å². The van der Waals surface area contributed by atoms with Crippen molar-refractivity contribution in [1.82, 2.24) is 4.98 Å². The second kappa shape index (κ2) is 8.35. The molecule has 0 aliphatic carbocycles. The molecule has 1 amide bonds. The SMILES string of the molecule is Cc1nc(-c2ccc(NC(=O)C(C)Oc3ccc(C(C)C)cc3)cc2)cs1. The van der Waals surface area contributed by atoms with Gasteiger partial charge in [0.25, 0.3) is 5.91 Å². The highest BCUT2D eigenvalue weighted by Gasteiger charge is 2.15. The van der Waals surface area contributed by atoms with E-state index in [0.29, 0.717) is 11.7 Å². The summed E-state index contributed by atoms with van der Waals surface area (Å²) in [6, 6.07) is 15.6. The van der Waals surface area contributed by atoms with E-state index in [0.717, 1.165) is 22.0 Å². The predicted octanol–water partition coefficient (Wildman–Crippen LogP) is 5.65. The number of ether oxygens (including phenoxy) is 1. The number of hydrogen-bond acceptors (Lipinski definition) is 4. The Morgan fingerprint density at radius 3 is 2.26 bits per heavy atom. The smallest absolute Gasteiger partial charge is 0.265 e. The Morgan fingerprint density at radius 1 is 1.04 bits per heavy atom. The molecule has 0 spiro atoms. The second-order valence-corrected chi connectivity index (χ2v) is 7.86. The van der Waals surface area contributed by atoms with Gasteiger partial charge in [0.15, 0.2) is 6.10 Å².